The minimum Gasteiger partial charge on any atom is -0.372 e. The molecule has 5 heteroatoms. The molecule has 0 radical (unpaired) electrons. The first-order chi connectivity index (χ1) is 7.35. The van der Waals surface area contributed by atoms with Gasteiger partial charge in [0, 0.05) is 25.5 Å². The lowest BCUT2D eigenvalue weighted by Crippen LogP contribution is -2.35. The maximum Gasteiger partial charge on any atom is 0.175 e. The molecule has 1 aromatic rings. The fraction of sp³-hybridized carbons (Fsp3) is 0.455. The zero-order valence-electron chi connectivity index (χ0n) is 9.73. The van der Waals surface area contributed by atoms with E-state index >= 15 is 0 Å². The molecule has 0 saturated heterocycles. The van der Waals surface area contributed by atoms with Crippen molar-refractivity contribution in [3.8, 4) is 0 Å². The molecule has 0 fully saturated rings. The standard InChI is InChI=1S/C11H17NO3S/c1-11(8-12,15-2)9-6-4-5-7-10(9)16(3,13)14/h4-7H,8,12H2,1-3H3. The number of sulfone groups is 1. The number of methoxy groups -OCH3 is 1. The summed E-state index contributed by atoms with van der Waals surface area (Å²) in [7, 11) is -1.75. The largest absolute Gasteiger partial charge is 0.372 e. The highest BCUT2D eigenvalue weighted by Gasteiger charge is 2.29. The number of nitrogens with two attached hydrogens (primary N) is 1. The van der Waals surface area contributed by atoms with E-state index in [1.807, 2.05) is 0 Å². The van der Waals surface area contributed by atoms with Crippen LogP contribution in [0.2, 0.25) is 0 Å². The molecule has 0 spiro atoms. The van der Waals surface area contributed by atoms with Gasteiger partial charge < -0.3 is 10.5 Å². The summed E-state index contributed by atoms with van der Waals surface area (Å²) in [5.41, 5.74) is 5.46. The van der Waals surface area contributed by atoms with Crippen LogP contribution in [0.3, 0.4) is 0 Å². The lowest BCUT2D eigenvalue weighted by molar-refractivity contribution is 0.00773. The average molecular weight is 243 g/mol. The number of ether oxygens (including phenoxy) is 1. The van der Waals surface area contributed by atoms with Crippen molar-refractivity contribution in [1.82, 2.24) is 0 Å². The average Bonchev–Trinajstić information content (AvgIpc) is 2.27. The van der Waals surface area contributed by atoms with Crippen LogP contribution in [0.4, 0.5) is 0 Å². The first kappa shape index (κ1) is 13.2. The fourth-order valence-corrected chi connectivity index (χ4v) is 2.54. The SMILES string of the molecule is COC(C)(CN)c1ccccc1S(C)(=O)=O. The second kappa shape index (κ2) is 4.53. The van der Waals surface area contributed by atoms with E-state index in [1.165, 1.54) is 13.4 Å². The van der Waals surface area contributed by atoms with Gasteiger partial charge in [0.25, 0.3) is 0 Å². The molecule has 90 valence electrons. The molecule has 0 aromatic heterocycles. The molecule has 1 atom stereocenters. The van der Waals surface area contributed by atoms with Crippen LogP contribution in [0.25, 0.3) is 0 Å². The first-order valence-electron chi connectivity index (χ1n) is 4.90. The molecule has 1 aromatic carbocycles. The molecule has 2 N–H and O–H groups in total. The Morgan fingerprint density at radius 2 is 1.94 bits per heavy atom. The van der Waals surface area contributed by atoms with Gasteiger partial charge in [-0.3, -0.25) is 0 Å². The van der Waals surface area contributed by atoms with Gasteiger partial charge in [0.2, 0.25) is 0 Å². The number of benzene rings is 1. The van der Waals surface area contributed by atoms with Crippen molar-refractivity contribution in [2.24, 2.45) is 5.73 Å². The molecular weight excluding hydrogens is 226 g/mol. The van der Waals surface area contributed by atoms with Gasteiger partial charge in [-0.05, 0) is 13.0 Å². The summed E-state index contributed by atoms with van der Waals surface area (Å²) in [6.07, 6.45) is 1.18. The van der Waals surface area contributed by atoms with Gasteiger partial charge >= 0.3 is 0 Å². The van der Waals surface area contributed by atoms with Crippen LogP contribution in [0.15, 0.2) is 29.2 Å². The van der Waals surface area contributed by atoms with Crippen LogP contribution in [-0.2, 0) is 20.2 Å². The Hall–Kier alpha value is -0.910. The number of hydrogen-bond acceptors (Lipinski definition) is 4. The Morgan fingerprint density at radius 3 is 2.38 bits per heavy atom. The maximum atomic E-state index is 11.6. The van der Waals surface area contributed by atoms with Crippen molar-refractivity contribution < 1.29 is 13.2 Å². The third kappa shape index (κ3) is 2.42. The van der Waals surface area contributed by atoms with E-state index in [-0.39, 0.29) is 11.4 Å². The molecule has 1 rings (SSSR count). The molecular formula is C11H17NO3S. The third-order valence-electron chi connectivity index (χ3n) is 2.70. The summed E-state index contributed by atoms with van der Waals surface area (Å²) in [4.78, 5) is 0.268. The van der Waals surface area contributed by atoms with Crippen LogP contribution < -0.4 is 5.73 Å². The Labute approximate surface area is 96.3 Å². The molecule has 1 unspecified atom stereocenters. The molecule has 0 aliphatic rings. The molecule has 0 saturated carbocycles. The highest BCUT2D eigenvalue weighted by Crippen LogP contribution is 2.29. The van der Waals surface area contributed by atoms with Crippen molar-refractivity contribution >= 4 is 9.84 Å². The fourth-order valence-electron chi connectivity index (χ4n) is 1.53. The first-order valence-corrected chi connectivity index (χ1v) is 6.79. The molecule has 0 heterocycles. The van der Waals surface area contributed by atoms with E-state index in [1.54, 1.807) is 31.2 Å². The quantitative estimate of drug-likeness (QED) is 0.853. The Kier molecular flexibility index (Phi) is 3.72. The maximum absolute atomic E-state index is 11.6. The Morgan fingerprint density at radius 1 is 1.38 bits per heavy atom. The molecule has 0 bridgehead atoms. The third-order valence-corrected chi connectivity index (χ3v) is 3.85. The predicted molar refractivity (Wildman–Crippen MR) is 63.0 cm³/mol. The lowest BCUT2D eigenvalue weighted by atomic mass is 9.96. The van der Waals surface area contributed by atoms with E-state index in [0.29, 0.717) is 5.56 Å². The normalized spacial score (nSPS) is 15.8. The predicted octanol–water partition coefficient (Wildman–Crippen LogP) is 0.910. The Balaban J connectivity index is 3.46. The molecule has 0 aliphatic carbocycles. The van der Waals surface area contributed by atoms with Gasteiger partial charge in [-0.15, -0.1) is 0 Å². The van der Waals surface area contributed by atoms with Crippen LogP contribution in [0.1, 0.15) is 12.5 Å². The van der Waals surface area contributed by atoms with Gasteiger partial charge in [0.1, 0.15) is 5.60 Å². The second-order valence-corrected chi connectivity index (χ2v) is 5.89. The summed E-state index contributed by atoms with van der Waals surface area (Å²) in [6, 6.07) is 6.76. The topological polar surface area (TPSA) is 69.4 Å². The smallest absolute Gasteiger partial charge is 0.175 e. The van der Waals surface area contributed by atoms with Gasteiger partial charge in [0.15, 0.2) is 9.84 Å². The monoisotopic (exact) mass is 243 g/mol. The van der Waals surface area contributed by atoms with Gasteiger partial charge in [-0.25, -0.2) is 8.42 Å². The van der Waals surface area contributed by atoms with E-state index in [9.17, 15) is 8.42 Å². The van der Waals surface area contributed by atoms with Crippen molar-refractivity contribution in [2.45, 2.75) is 17.4 Å². The van der Waals surface area contributed by atoms with E-state index < -0.39 is 15.4 Å². The second-order valence-electron chi connectivity index (χ2n) is 3.91. The van der Waals surface area contributed by atoms with Gasteiger partial charge in [-0.2, -0.15) is 0 Å². The van der Waals surface area contributed by atoms with Gasteiger partial charge in [0.05, 0.1) is 4.90 Å². The van der Waals surface area contributed by atoms with Crippen molar-refractivity contribution in [2.75, 3.05) is 19.9 Å². The summed E-state index contributed by atoms with van der Waals surface area (Å²) >= 11 is 0. The van der Waals surface area contributed by atoms with Crippen molar-refractivity contribution in [1.29, 1.82) is 0 Å². The summed E-state index contributed by atoms with van der Waals surface area (Å²) in [5, 5.41) is 0. The van der Waals surface area contributed by atoms with Gasteiger partial charge in [-0.1, -0.05) is 18.2 Å². The molecule has 4 nitrogen and oxygen atoms in total. The van der Waals surface area contributed by atoms with E-state index in [0.717, 1.165) is 0 Å². The zero-order valence-corrected chi connectivity index (χ0v) is 10.5. The minimum absolute atomic E-state index is 0.218. The number of rotatable bonds is 4. The molecule has 16 heavy (non-hydrogen) atoms. The minimum atomic E-state index is -3.27. The highest BCUT2D eigenvalue weighted by atomic mass is 32.2. The van der Waals surface area contributed by atoms with E-state index in [4.69, 9.17) is 10.5 Å². The zero-order chi connectivity index (χ0) is 12.4. The van der Waals surface area contributed by atoms with Crippen molar-refractivity contribution in [3.63, 3.8) is 0 Å². The molecule has 0 amide bonds. The lowest BCUT2D eigenvalue weighted by Gasteiger charge is -2.28. The van der Waals surface area contributed by atoms with Crippen LogP contribution in [-0.4, -0.2) is 28.3 Å². The molecule has 0 aliphatic heterocycles. The van der Waals surface area contributed by atoms with Crippen LogP contribution in [0.5, 0.6) is 0 Å². The van der Waals surface area contributed by atoms with E-state index in [2.05, 4.69) is 0 Å². The van der Waals surface area contributed by atoms with Crippen molar-refractivity contribution in [3.05, 3.63) is 29.8 Å². The van der Waals surface area contributed by atoms with Crippen LogP contribution in [0, 0.1) is 0 Å². The summed E-state index contributed by atoms with van der Waals surface area (Å²) in [5.74, 6) is 0. The van der Waals surface area contributed by atoms with Crippen LogP contribution >= 0.6 is 0 Å². The number of hydrogen-bond donors (Lipinski definition) is 1. The summed E-state index contributed by atoms with van der Waals surface area (Å²) < 4.78 is 28.6. The summed E-state index contributed by atoms with van der Waals surface area (Å²) in [6.45, 7) is 1.99. The Bertz CT molecular complexity index is 464. The highest BCUT2D eigenvalue weighted by molar-refractivity contribution is 7.90.